The predicted octanol–water partition coefficient (Wildman–Crippen LogP) is 1.96. The van der Waals surface area contributed by atoms with Crippen molar-refractivity contribution < 1.29 is 13.2 Å². The number of hydrogen-bond donors (Lipinski definition) is 1. The lowest BCUT2D eigenvalue weighted by molar-refractivity contribution is 0.169. The van der Waals surface area contributed by atoms with E-state index in [0.29, 0.717) is 38.3 Å². The Kier molecular flexibility index (Phi) is 4.40. The second-order valence-corrected chi connectivity index (χ2v) is 4.45. The number of nitrogens with zero attached hydrogens (tertiary/aromatic N) is 2. The number of piperazine rings is 1. The summed E-state index contributed by atoms with van der Waals surface area (Å²) in [6.45, 7) is 2.60. The number of rotatable bonds is 3. The van der Waals surface area contributed by atoms with Crippen molar-refractivity contribution in [2.75, 3.05) is 26.2 Å². The van der Waals surface area contributed by atoms with Gasteiger partial charge in [-0.1, -0.05) is 0 Å². The summed E-state index contributed by atoms with van der Waals surface area (Å²) in [4.78, 5) is 1.85. The molecule has 0 unspecified atom stereocenters. The summed E-state index contributed by atoms with van der Waals surface area (Å²) in [6, 6.07) is 2.59. The van der Waals surface area contributed by atoms with E-state index in [0.717, 1.165) is 0 Å². The minimum Gasteiger partial charge on any atom is -0.314 e. The summed E-state index contributed by atoms with van der Waals surface area (Å²) in [6.07, 6.45) is -0.0283. The number of halogens is 3. The highest BCUT2D eigenvalue weighted by atomic mass is 19.1. The van der Waals surface area contributed by atoms with Crippen LogP contribution in [0.25, 0.3) is 0 Å². The Labute approximate surface area is 109 Å². The first-order chi connectivity index (χ1) is 9.13. The molecule has 1 heterocycles. The van der Waals surface area contributed by atoms with Gasteiger partial charge in [-0.3, -0.25) is 4.90 Å². The molecule has 1 N–H and O–H groups in total. The first kappa shape index (κ1) is 13.8. The fourth-order valence-corrected chi connectivity index (χ4v) is 2.37. The minimum atomic E-state index is -0.949. The molecule has 0 saturated carbocycles. The first-order valence-corrected chi connectivity index (χ1v) is 6.09. The van der Waals surface area contributed by atoms with Crippen molar-refractivity contribution in [3.05, 3.63) is 35.1 Å². The summed E-state index contributed by atoms with van der Waals surface area (Å²) in [5.41, 5.74) is -0.218. The fourth-order valence-electron chi connectivity index (χ4n) is 2.37. The normalized spacial score (nSPS) is 18.0. The highest BCUT2D eigenvalue weighted by molar-refractivity contribution is 5.25. The molecule has 1 aromatic carbocycles. The molecule has 1 atom stereocenters. The molecule has 1 aromatic rings. The summed E-state index contributed by atoms with van der Waals surface area (Å²) in [5, 5.41) is 12.0. The average Bonchev–Trinajstić information content (AvgIpc) is 2.37. The Morgan fingerprint density at radius 2 is 1.79 bits per heavy atom. The van der Waals surface area contributed by atoms with Crippen LogP contribution in [0.15, 0.2) is 12.1 Å². The van der Waals surface area contributed by atoms with Crippen molar-refractivity contribution in [3.8, 4) is 6.07 Å². The van der Waals surface area contributed by atoms with Gasteiger partial charge in [0, 0.05) is 43.9 Å². The topological polar surface area (TPSA) is 39.1 Å². The maximum Gasteiger partial charge on any atom is 0.133 e. The molecule has 2 rings (SSSR count). The summed E-state index contributed by atoms with van der Waals surface area (Å²) >= 11 is 0. The highest BCUT2D eigenvalue weighted by Gasteiger charge is 2.27. The third kappa shape index (κ3) is 3.06. The van der Waals surface area contributed by atoms with E-state index >= 15 is 0 Å². The van der Waals surface area contributed by atoms with E-state index in [4.69, 9.17) is 5.26 Å². The molecular formula is C13H14F3N3. The quantitative estimate of drug-likeness (QED) is 0.911. The van der Waals surface area contributed by atoms with Crippen molar-refractivity contribution in [1.82, 2.24) is 10.2 Å². The molecule has 3 nitrogen and oxygen atoms in total. The van der Waals surface area contributed by atoms with Gasteiger partial charge in [-0.15, -0.1) is 0 Å². The largest absolute Gasteiger partial charge is 0.314 e. The number of benzene rings is 1. The van der Waals surface area contributed by atoms with Crippen LogP contribution in [0, 0.1) is 28.8 Å². The van der Waals surface area contributed by atoms with E-state index < -0.39 is 23.5 Å². The van der Waals surface area contributed by atoms with Crippen LogP contribution in [0.3, 0.4) is 0 Å². The smallest absolute Gasteiger partial charge is 0.133 e. The van der Waals surface area contributed by atoms with E-state index in [1.165, 1.54) is 0 Å². The Morgan fingerprint density at radius 3 is 2.32 bits per heavy atom. The number of nitriles is 1. The van der Waals surface area contributed by atoms with Gasteiger partial charge >= 0.3 is 0 Å². The molecule has 0 amide bonds. The van der Waals surface area contributed by atoms with Gasteiger partial charge in [0.2, 0.25) is 0 Å². The van der Waals surface area contributed by atoms with Crippen molar-refractivity contribution in [2.24, 2.45) is 0 Å². The van der Waals surface area contributed by atoms with Gasteiger partial charge in [0.1, 0.15) is 17.5 Å². The molecule has 6 heteroatoms. The molecule has 0 aromatic heterocycles. The van der Waals surface area contributed by atoms with Gasteiger partial charge in [0.15, 0.2) is 0 Å². The van der Waals surface area contributed by atoms with Gasteiger partial charge in [0.25, 0.3) is 0 Å². The molecule has 0 spiro atoms. The van der Waals surface area contributed by atoms with Crippen molar-refractivity contribution in [2.45, 2.75) is 12.5 Å². The summed E-state index contributed by atoms with van der Waals surface area (Å²) < 4.78 is 40.5. The van der Waals surface area contributed by atoms with Gasteiger partial charge in [-0.25, -0.2) is 13.2 Å². The Morgan fingerprint density at radius 1 is 1.21 bits per heavy atom. The van der Waals surface area contributed by atoms with E-state index in [1.54, 1.807) is 0 Å². The lowest BCUT2D eigenvalue weighted by Gasteiger charge is -2.34. The average molecular weight is 269 g/mol. The summed E-state index contributed by atoms with van der Waals surface area (Å²) in [7, 11) is 0. The lowest BCUT2D eigenvalue weighted by Crippen LogP contribution is -2.45. The Balaban J connectivity index is 2.36. The van der Waals surface area contributed by atoms with Crippen molar-refractivity contribution >= 4 is 0 Å². The van der Waals surface area contributed by atoms with Crippen LogP contribution in [-0.2, 0) is 0 Å². The zero-order valence-corrected chi connectivity index (χ0v) is 10.3. The highest BCUT2D eigenvalue weighted by Crippen LogP contribution is 2.29. The maximum absolute atomic E-state index is 13.8. The number of hydrogen-bond acceptors (Lipinski definition) is 3. The number of nitrogens with one attached hydrogen (secondary N) is 1. The molecule has 1 aliphatic rings. The SMILES string of the molecule is N#CC[C@H](c1c(F)cc(F)cc1F)N1CCNCC1. The van der Waals surface area contributed by atoms with Gasteiger partial charge in [0.05, 0.1) is 18.5 Å². The Hall–Kier alpha value is -1.58. The summed E-state index contributed by atoms with van der Waals surface area (Å²) in [5.74, 6) is -2.82. The molecule has 1 aliphatic heterocycles. The molecule has 0 bridgehead atoms. The fraction of sp³-hybridized carbons (Fsp3) is 0.462. The van der Waals surface area contributed by atoms with E-state index in [2.05, 4.69) is 5.32 Å². The van der Waals surface area contributed by atoms with Gasteiger partial charge < -0.3 is 5.32 Å². The molecule has 1 saturated heterocycles. The van der Waals surface area contributed by atoms with Crippen LogP contribution in [0.5, 0.6) is 0 Å². The van der Waals surface area contributed by atoms with E-state index in [1.807, 2.05) is 11.0 Å². The molecule has 102 valence electrons. The van der Waals surface area contributed by atoms with Gasteiger partial charge in [-0.05, 0) is 0 Å². The van der Waals surface area contributed by atoms with Crippen LogP contribution >= 0.6 is 0 Å². The lowest BCUT2D eigenvalue weighted by atomic mass is 10.00. The Bertz CT molecular complexity index is 469. The monoisotopic (exact) mass is 269 g/mol. The molecule has 0 aliphatic carbocycles. The second-order valence-electron chi connectivity index (χ2n) is 4.45. The molecular weight excluding hydrogens is 255 g/mol. The maximum atomic E-state index is 13.8. The zero-order valence-electron chi connectivity index (χ0n) is 10.3. The first-order valence-electron chi connectivity index (χ1n) is 6.09. The van der Waals surface area contributed by atoms with E-state index in [9.17, 15) is 13.2 Å². The zero-order chi connectivity index (χ0) is 13.8. The third-order valence-corrected chi connectivity index (χ3v) is 3.25. The minimum absolute atomic E-state index is 0.0283. The van der Waals surface area contributed by atoms with Crippen LogP contribution in [0.1, 0.15) is 18.0 Å². The standard InChI is InChI=1S/C13H14F3N3/c14-9-7-10(15)13(11(16)8-9)12(1-2-17)19-5-3-18-4-6-19/h7-8,12,18H,1,3-6H2/t12-/m1/s1. The van der Waals surface area contributed by atoms with Crippen LogP contribution in [-0.4, -0.2) is 31.1 Å². The van der Waals surface area contributed by atoms with Crippen molar-refractivity contribution in [3.63, 3.8) is 0 Å². The van der Waals surface area contributed by atoms with Crippen LogP contribution < -0.4 is 5.32 Å². The van der Waals surface area contributed by atoms with Crippen LogP contribution in [0.2, 0.25) is 0 Å². The third-order valence-electron chi connectivity index (χ3n) is 3.25. The predicted molar refractivity (Wildman–Crippen MR) is 63.7 cm³/mol. The molecule has 0 radical (unpaired) electrons. The van der Waals surface area contributed by atoms with Crippen LogP contribution in [0.4, 0.5) is 13.2 Å². The molecule has 19 heavy (non-hydrogen) atoms. The van der Waals surface area contributed by atoms with Crippen molar-refractivity contribution in [1.29, 1.82) is 5.26 Å². The van der Waals surface area contributed by atoms with Gasteiger partial charge in [-0.2, -0.15) is 5.26 Å². The van der Waals surface area contributed by atoms with E-state index in [-0.39, 0.29) is 12.0 Å². The molecule has 1 fully saturated rings. The second kappa shape index (κ2) is 6.04.